The summed E-state index contributed by atoms with van der Waals surface area (Å²) < 4.78 is 51.4. The number of rotatable bonds is 0. The van der Waals surface area contributed by atoms with Crippen molar-refractivity contribution in [3.63, 3.8) is 0 Å². The Morgan fingerprint density at radius 2 is 1.38 bits per heavy atom. The summed E-state index contributed by atoms with van der Waals surface area (Å²) in [6.07, 6.45) is 0. The average molecular weight is 234 g/mol. The first-order valence-electron chi connectivity index (χ1n) is 4.70. The lowest BCUT2D eigenvalue weighted by atomic mass is 10.2. The van der Waals surface area contributed by atoms with Gasteiger partial charge in [0.15, 0.2) is 23.3 Å². The van der Waals surface area contributed by atoms with Gasteiger partial charge in [-0.15, -0.1) is 0 Å². The lowest BCUT2D eigenvalue weighted by Crippen LogP contribution is -1.97. The molecule has 1 heterocycles. The van der Waals surface area contributed by atoms with Crippen LogP contribution in [0.4, 0.5) is 17.6 Å². The van der Waals surface area contributed by atoms with Crippen molar-refractivity contribution < 1.29 is 17.6 Å². The van der Waals surface area contributed by atoms with Gasteiger partial charge in [-0.05, 0) is 6.92 Å². The van der Waals surface area contributed by atoms with E-state index >= 15 is 0 Å². The molecule has 0 bridgehead atoms. The molecule has 0 atom stereocenters. The number of hydrogen-bond acceptors (Lipinski definition) is 1. The van der Waals surface area contributed by atoms with E-state index in [9.17, 15) is 17.6 Å². The third kappa shape index (κ3) is 1.75. The van der Waals surface area contributed by atoms with Crippen molar-refractivity contribution in [3.8, 4) is 0 Å². The number of nitrogens with one attached hydrogen (secondary N) is 1. The SMILES string of the molecule is CC.Cc1nc2c(F)c(F)c(F)c(F)c2[nH]1. The van der Waals surface area contributed by atoms with Crippen LogP contribution in [0.15, 0.2) is 0 Å². The molecule has 0 unspecified atom stereocenters. The highest BCUT2D eigenvalue weighted by Crippen LogP contribution is 2.24. The molecule has 0 aliphatic heterocycles. The first-order valence-corrected chi connectivity index (χ1v) is 4.70. The van der Waals surface area contributed by atoms with Crippen LogP contribution < -0.4 is 0 Å². The Morgan fingerprint density at radius 3 is 1.94 bits per heavy atom. The Bertz CT molecular complexity index is 474. The molecule has 1 aromatic heterocycles. The minimum Gasteiger partial charge on any atom is -0.340 e. The van der Waals surface area contributed by atoms with Crippen LogP contribution in [0.25, 0.3) is 11.0 Å². The van der Waals surface area contributed by atoms with Crippen molar-refractivity contribution in [1.29, 1.82) is 0 Å². The third-order valence-electron chi connectivity index (χ3n) is 1.83. The van der Waals surface area contributed by atoms with Crippen molar-refractivity contribution in [2.24, 2.45) is 0 Å². The van der Waals surface area contributed by atoms with Crippen LogP contribution in [0.2, 0.25) is 0 Å². The van der Waals surface area contributed by atoms with E-state index < -0.39 is 34.3 Å². The van der Waals surface area contributed by atoms with Crippen LogP contribution in [-0.4, -0.2) is 9.97 Å². The normalized spacial score (nSPS) is 10.2. The Labute approximate surface area is 89.3 Å². The minimum atomic E-state index is -1.85. The quantitative estimate of drug-likeness (QED) is 0.422. The number of nitrogens with zero attached hydrogens (tertiary/aromatic N) is 1. The third-order valence-corrected chi connectivity index (χ3v) is 1.83. The van der Waals surface area contributed by atoms with Gasteiger partial charge in [0.05, 0.1) is 0 Å². The smallest absolute Gasteiger partial charge is 0.199 e. The number of benzene rings is 1. The molecule has 0 spiro atoms. The molecule has 2 nitrogen and oxygen atoms in total. The summed E-state index contributed by atoms with van der Waals surface area (Å²) in [4.78, 5) is 5.80. The summed E-state index contributed by atoms with van der Waals surface area (Å²) in [7, 11) is 0. The standard InChI is InChI=1S/C8H4F4N2.C2H6/c1-2-13-7-5(11)3(9)4(10)6(12)8(7)14-2;1-2/h1H3,(H,13,14);1-2H3. The van der Waals surface area contributed by atoms with E-state index in [-0.39, 0.29) is 5.82 Å². The predicted octanol–water partition coefficient (Wildman–Crippen LogP) is 3.45. The van der Waals surface area contributed by atoms with Gasteiger partial charge in [-0.2, -0.15) is 0 Å². The molecule has 1 N–H and O–H groups in total. The van der Waals surface area contributed by atoms with E-state index in [0.717, 1.165) is 0 Å². The van der Waals surface area contributed by atoms with E-state index in [4.69, 9.17) is 0 Å². The van der Waals surface area contributed by atoms with E-state index in [2.05, 4.69) is 9.97 Å². The lowest BCUT2D eigenvalue weighted by Gasteiger charge is -1.97. The van der Waals surface area contributed by atoms with Gasteiger partial charge in [0, 0.05) is 0 Å². The maximum atomic E-state index is 13.0. The molecule has 0 aliphatic carbocycles. The number of fused-ring (bicyclic) bond motifs is 1. The summed E-state index contributed by atoms with van der Waals surface area (Å²) >= 11 is 0. The predicted molar refractivity (Wildman–Crippen MR) is 52.0 cm³/mol. The number of aromatic amines is 1. The second-order valence-corrected chi connectivity index (χ2v) is 2.80. The first kappa shape index (κ1) is 12.5. The second kappa shape index (κ2) is 4.51. The van der Waals surface area contributed by atoms with E-state index in [1.807, 2.05) is 13.8 Å². The van der Waals surface area contributed by atoms with E-state index in [1.165, 1.54) is 6.92 Å². The van der Waals surface area contributed by atoms with Gasteiger partial charge in [-0.25, -0.2) is 22.5 Å². The number of imidazole rings is 1. The Hall–Kier alpha value is -1.59. The van der Waals surface area contributed by atoms with Crippen LogP contribution in [0.3, 0.4) is 0 Å². The highest BCUT2D eigenvalue weighted by molar-refractivity contribution is 5.76. The summed E-state index contributed by atoms with van der Waals surface area (Å²) in [6, 6.07) is 0. The summed E-state index contributed by atoms with van der Waals surface area (Å²) in [5, 5.41) is 0. The molecule has 16 heavy (non-hydrogen) atoms. The van der Waals surface area contributed by atoms with Crippen molar-refractivity contribution in [2.75, 3.05) is 0 Å². The Balaban J connectivity index is 0.000000606. The molecule has 2 rings (SSSR count). The molecular formula is C10H10F4N2. The molecule has 0 aliphatic rings. The van der Waals surface area contributed by atoms with Gasteiger partial charge in [-0.1, -0.05) is 13.8 Å². The monoisotopic (exact) mass is 234 g/mol. The zero-order valence-corrected chi connectivity index (χ0v) is 8.96. The summed E-state index contributed by atoms with van der Waals surface area (Å²) in [5.41, 5.74) is -0.988. The fourth-order valence-electron chi connectivity index (χ4n) is 1.22. The zero-order chi connectivity index (χ0) is 12.5. The summed E-state index contributed by atoms with van der Waals surface area (Å²) in [6.45, 7) is 5.43. The van der Waals surface area contributed by atoms with Crippen LogP contribution >= 0.6 is 0 Å². The second-order valence-electron chi connectivity index (χ2n) is 2.80. The molecule has 0 fully saturated rings. The largest absolute Gasteiger partial charge is 0.340 e. The molecule has 1 aromatic carbocycles. The van der Waals surface area contributed by atoms with Crippen LogP contribution in [0.5, 0.6) is 0 Å². The zero-order valence-electron chi connectivity index (χ0n) is 8.96. The molecule has 0 radical (unpaired) electrons. The molecule has 0 saturated carbocycles. The molecule has 0 saturated heterocycles. The lowest BCUT2D eigenvalue weighted by molar-refractivity contribution is 0.417. The highest BCUT2D eigenvalue weighted by Gasteiger charge is 2.22. The van der Waals surface area contributed by atoms with Crippen molar-refractivity contribution in [1.82, 2.24) is 9.97 Å². The first-order chi connectivity index (χ1) is 7.52. The topological polar surface area (TPSA) is 28.7 Å². The van der Waals surface area contributed by atoms with Crippen molar-refractivity contribution >= 4 is 11.0 Å². The van der Waals surface area contributed by atoms with E-state index in [0.29, 0.717) is 0 Å². The van der Waals surface area contributed by atoms with Gasteiger partial charge in [-0.3, -0.25) is 0 Å². The molecular weight excluding hydrogens is 224 g/mol. The maximum Gasteiger partial charge on any atom is 0.199 e. The van der Waals surface area contributed by atoms with Gasteiger partial charge < -0.3 is 4.98 Å². The van der Waals surface area contributed by atoms with Crippen LogP contribution in [0, 0.1) is 30.2 Å². The van der Waals surface area contributed by atoms with Crippen molar-refractivity contribution in [2.45, 2.75) is 20.8 Å². The molecule has 2 aromatic rings. The highest BCUT2D eigenvalue weighted by atomic mass is 19.2. The fourth-order valence-corrected chi connectivity index (χ4v) is 1.22. The number of halogens is 4. The number of H-pyrrole nitrogens is 1. The van der Waals surface area contributed by atoms with Gasteiger partial charge >= 0.3 is 0 Å². The fraction of sp³-hybridized carbons (Fsp3) is 0.300. The van der Waals surface area contributed by atoms with Crippen LogP contribution in [0.1, 0.15) is 19.7 Å². The Morgan fingerprint density at radius 1 is 0.875 bits per heavy atom. The van der Waals surface area contributed by atoms with Gasteiger partial charge in [0.2, 0.25) is 0 Å². The molecule has 6 heteroatoms. The van der Waals surface area contributed by atoms with Crippen LogP contribution in [-0.2, 0) is 0 Å². The minimum absolute atomic E-state index is 0.183. The van der Waals surface area contributed by atoms with E-state index in [1.54, 1.807) is 0 Å². The molecule has 0 amide bonds. The van der Waals surface area contributed by atoms with Gasteiger partial charge in [0.25, 0.3) is 0 Å². The van der Waals surface area contributed by atoms with Crippen molar-refractivity contribution in [3.05, 3.63) is 29.1 Å². The molecule has 88 valence electrons. The van der Waals surface area contributed by atoms with Gasteiger partial charge in [0.1, 0.15) is 16.9 Å². The number of aromatic nitrogens is 2. The number of aryl methyl sites for hydroxylation is 1. The number of hydrogen-bond donors (Lipinski definition) is 1. The average Bonchev–Trinajstić information content (AvgIpc) is 2.68. The Kier molecular flexibility index (Phi) is 3.51. The summed E-state index contributed by atoms with van der Waals surface area (Å²) in [5.74, 6) is -6.44. The maximum absolute atomic E-state index is 13.0.